The predicted octanol–water partition coefficient (Wildman–Crippen LogP) is -1.05. The van der Waals surface area contributed by atoms with Gasteiger partial charge in [0.25, 0.3) is 5.56 Å². The normalized spacial score (nSPS) is 30.7. The summed E-state index contributed by atoms with van der Waals surface area (Å²) in [5.41, 5.74) is 5.16. The third-order valence-electron chi connectivity index (χ3n) is 3.01. The van der Waals surface area contributed by atoms with Gasteiger partial charge < -0.3 is 20.7 Å². The van der Waals surface area contributed by atoms with Gasteiger partial charge in [-0.05, 0) is 12.2 Å². The molecule has 0 aromatic carbocycles. The lowest BCUT2D eigenvalue weighted by molar-refractivity contribution is -0.0485. The molecule has 0 radical (unpaired) electrons. The Morgan fingerprint density at radius 1 is 1.63 bits per heavy atom. The van der Waals surface area contributed by atoms with Gasteiger partial charge in [0.1, 0.15) is 12.2 Å². The molecular formula is C10H14FN3O4S. The van der Waals surface area contributed by atoms with Crippen LogP contribution in [0.4, 0.5) is 4.39 Å². The molecule has 1 fully saturated rings. The molecule has 7 nitrogen and oxygen atoms in total. The van der Waals surface area contributed by atoms with E-state index in [4.69, 9.17) is 27.8 Å². The number of aromatic nitrogens is 2. The van der Waals surface area contributed by atoms with Crippen LogP contribution in [0.15, 0.2) is 11.0 Å². The first kappa shape index (κ1) is 14.3. The molecule has 0 aliphatic carbocycles. The van der Waals surface area contributed by atoms with Crippen molar-refractivity contribution in [3.8, 4) is 0 Å². The molecule has 1 unspecified atom stereocenters. The van der Waals surface area contributed by atoms with Crippen molar-refractivity contribution in [2.24, 2.45) is 5.73 Å². The number of nitrogens with one attached hydrogen (secondary N) is 1. The number of alkyl halides is 1. The van der Waals surface area contributed by atoms with Crippen molar-refractivity contribution in [3.05, 3.63) is 26.9 Å². The number of aliphatic hydroxyl groups excluding tert-OH is 2. The van der Waals surface area contributed by atoms with E-state index in [1.807, 2.05) is 0 Å². The Morgan fingerprint density at radius 2 is 2.32 bits per heavy atom. The summed E-state index contributed by atoms with van der Waals surface area (Å²) in [5, 5.41) is 18.5. The Balaban J connectivity index is 2.43. The topological polar surface area (TPSA) is 114 Å². The maximum atomic E-state index is 13.9. The molecule has 1 saturated heterocycles. The summed E-state index contributed by atoms with van der Waals surface area (Å²) in [5.74, 6) is 0. The molecule has 2 rings (SSSR count). The van der Waals surface area contributed by atoms with Crippen LogP contribution in [-0.4, -0.2) is 44.8 Å². The number of hydrogen-bond donors (Lipinski definition) is 4. The van der Waals surface area contributed by atoms with E-state index in [0.717, 1.165) is 0 Å². The van der Waals surface area contributed by atoms with Crippen LogP contribution >= 0.6 is 12.2 Å². The zero-order valence-electron chi connectivity index (χ0n) is 9.82. The summed E-state index contributed by atoms with van der Waals surface area (Å²) in [7, 11) is 0. The lowest BCUT2D eigenvalue weighted by Crippen LogP contribution is -2.31. The van der Waals surface area contributed by atoms with Crippen molar-refractivity contribution in [1.82, 2.24) is 9.55 Å². The fraction of sp³-hybridized carbons (Fsp3) is 0.600. The highest BCUT2D eigenvalue weighted by molar-refractivity contribution is 7.71. The minimum Gasteiger partial charge on any atom is -0.394 e. The maximum absolute atomic E-state index is 13.9. The summed E-state index contributed by atoms with van der Waals surface area (Å²) < 4.78 is 20.3. The van der Waals surface area contributed by atoms with Gasteiger partial charge >= 0.3 is 0 Å². The van der Waals surface area contributed by atoms with Crippen molar-refractivity contribution >= 4 is 12.2 Å². The molecule has 0 bridgehead atoms. The second kappa shape index (κ2) is 5.47. The number of aromatic amines is 1. The fourth-order valence-electron chi connectivity index (χ4n) is 1.94. The minimum absolute atomic E-state index is 0.0411. The summed E-state index contributed by atoms with van der Waals surface area (Å²) in [6.07, 6.45) is -4.16. The molecule has 1 aliphatic rings. The van der Waals surface area contributed by atoms with Crippen LogP contribution in [0.5, 0.6) is 0 Å². The molecule has 5 N–H and O–H groups in total. The average Bonchev–Trinajstić information content (AvgIpc) is 2.67. The van der Waals surface area contributed by atoms with Gasteiger partial charge in [0.05, 0.1) is 6.61 Å². The van der Waals surface area contributed by atoms with Crippen LogP contribution in [0.3, 0.4) is 0 Å². The molecule has 19 heavy (non-hydrogen) atoms. The Morgan fingerprint density at radius 3 is 2.84 bits per heavy atom. The quantitative estimate of drug-likeness (QED) is 0.529. The third kappa shape index (κ3) is 2.47. The summed E-state index contributed by atoms with van der Waals surface area (Å²) in [6.45, 7) is -0.556. The van der Waals surface area contributed by atoms with E-state index in [1.165, 1.54) is 10.8 Å². The first-order valence-electron chi connectivity index (χ1n) is 5.62. The molecule has 0 spiro atoms. The highest BCUT2D eigenvalue weighted by Gasteiger charge is 2.44. The van der Waals surface area contributed by atoms with Crippen molar-refractivity contribution < 1.29 is 19.3 Å². The second-order valence-electron chi connectivity index (χ2n) is 4.21. The maximum Gasteiger partial charge on any atom is 0.256 e. The van der Waals surface area contributed by atoms with Crippen molar-refractivity contribution in [3.63, 3.8) is 0 Å². The van der Waals surface area contributed by atoms with E-state index < -0.39 is 36.8 Å². The molecule has 1 aromatic heterocycles. The molecule has 0 saturated carbocycles. The van der Waals surface area contributed by atoms with E-state index in [0.29, 0.717) is 0 Å². The van der Waals surface area contributed by atoms with Crippen LogP contribution in [0.25, 0.3) is 0 Å². The standard InChI is InChI=1S/C10H14FN3O4S/c11-6-7(16)5(3-15)18-9(6)14-2-4(1-12)8(17)13-10(14)19/h2,5-7,9,15-16H,1,3,12H2,(H,13,17,19)/t5-,6+,7?,9-/m1/s1. The smallest absolute Gasteiger partial charge is 0.256 e. The van der Waals surface area contributed by atoms with Crippen LogP contribution in [0.2, 0.25) is 0 Å². The average molecular weight is 291 g/mol. The van der Waals surface area contributed by atoms with Gasteiger partial charge in [-0.2, -0.15) is 0 Å². The van der Waals surface area contributed by atoms with E-state index in [2.05, 4.69) is 4.98 Å². The summed E-state index contributed by atoms with van der Waals surface area (Å²) in [4.78, 5) is 13.8. The zero-order valence-corrected chi connectivity index (χ0v) is 10.6. The number of rotatable bonds is 3. The van der Waals surface area contributed by atoms with Gasteiger partial charge in [-0.25, -0.2) is 4.39 Å². The second-order valence-corrected chi connectivity index (χ2v) is 4.59. The summed E-state index contributed by atoms with van der Waals surface area (Å²) in [6, 6.07) is 0. The monoisotopic (exact) mass is 291 g/mol. The number of nitrogens with two attached hydrogens (primary N) is 1. The van der Waals surface area contributed by atoms with Crippen molar-refractivity contribution in [1.29, 1.82) is 0 Å². The van der Waals surface area contributed by atoms with Crippen LogP contribution < -0.4 is 11.3 Å². The Hall–Kier alpha value is -1.13. The Bertz CT molecular complexity index is 575. The lowest BCUT2D eigenvalue weighted by Gasteiger charge is -2.17. The lowest BCUT2D eigenvalue weighted by atomic mass is 10.1. The van der Waals surface area contributed by atoms with Crippen molar-refractivity contribution in [2.45, 2.75) is 31.2 Å². The zero-order chi connectivity index (χ0) is 14.2. The van der Waals surface area contributed by atoms with Gasteiger partial charge in [-0.1, -0.05) is 0 Å². The van der Waals surface area contributed by atoms with Crippen LogP contribution in [-0.2, 0) is 11.3 Å². The number of hydrogen-bond acceptors (Lipinski definition) is 6. The van der Waals surface area contributed by atoms with Gasteiger partial charge in [0.2, 0.25) is 0 Å². The fourth-order valence-corrected chi connectivity index (χ4v) is 2.19. The highest BCUT2D eigenvalue weighted by Crippen LogP contribution is 2.31. The molecule has 0 amide bonds. The first-order valence-corrected chi connectivity index (χ1v) is 6.03. The number of aliphatic hydroxyl groups is 2. The van der Waals surface area contributed by atoms with Crippen molar-refractivity contribution in [2.75, 3.05) is 6.61 Å². The van der Waals surface area contributed by atoms with E-state index in [-0.39, 0.29) is 16.9 Å². The van der Waals surface area contributed by atoms with E-state index >= 15 is 0 Å². The van der Waals surface area contributed by atoms with E-state index in [1.54, 1.807) is 0 Å². The van der Waals surface area contributed by atoms with Crippen LogP contribution in [0.1, 0.15) is 11.8 Å². The Kier molecular flexibility index (Phi) is 4.11. The predicted molar refractivity (Wildman–Crippen MR) is 65.7 cm³/mol. The third-order valence-corrected chi connectivity index (χ3v) is 3.32. The molecule has 4 atom stereocenters. The van der Waals surface area contributed by atoms with Gasteiger partial charge in [0.15, 0.2) is 17.2 Å². The highest BCUT2D eigenvalue weighted by atomic mass is 32.1. The number of halogens is 1. The number of ether oxygens (including phenoxy) is 1. The molecule has 1 aromatic rings. The first-order chi connectivity index (χ1) is 8.99. The molecule has 2 heterocycles. The minimum atomic E-state index is -1.76. The molecule has 1 aliphatic heterocycles. The van der Waals surface area contributed by atoms with Gasteiger partial charge in [0, 0.05) is 18.3 Å². The van der Waals surface area contributed by atoms with Gasteiger partial charge in [-0.15, -0.1) is 0 Å². The molecule has 106 valence electrons. The molecule has 9 heteroatoms. The summed E-state index contributed by atoms with van der Waals surface area (Å²) >= 11 is 4.93. The Labute approximate surface area is 112 Å². The van der Waals surface area contributed by atoms with E-state index in [9.17, 15) is 14.3 Å². The van der Waals surface area contributed by atoms with Gasteiger partial charge in [-0.3, -0.25) is 14.3 Å². The van der Waals surface area contributed by atoms with Crippen LogP contribution in [0, 0.1) is 4.77 Å². The number of H-pyrrole nitrogens is 1. The largest absolute Gasteiger partial charge is 0.394 e. The molecular weight excluding hydrogens is 277 g/mol. The SMILES string of the molecule is NCc1cn([C@@H]2O[C@H](CO)C(O)[C@@H]2F)c(=S)[nH]c1=O. The number of nitrogens with zero attached hydrogens (tertiary/aromatic N) is 1.